The molecular weight excluding hydrogens is 283 g/mol. The Morgan fingerprint density at radius 3 is 2.57 bits per heavy atom. The van der Waals surface area contributed by atoms with Gasteiger partial charge in [0.15, 0.2) is 0 Å². The summed E-state index contributed by atoms with van der Waals surface area (Å²) in [7, 11) is 0. The lowest BCUT2D eigenvalue weighted by Crippen LogP contribution is -2.22. The van der Waals surface area contributed by atoms with E-state index < -0.39 is 12.6 Å². The predicted octanol–water partition coefficient (Wildman–Crippen LogP) is 3.16. The number of carbonyl (C=O) groups is 1. The fourth-order valence-electron chi connectivity index (χ4n) is 1.80. The first-order valence-corrected chi connectivity index (χ1v) is 6.82. The number of halogens is 3. The van der Waals surface area contributed by atoms with Gasteiger partial charge in [-0.25, -0.2) is 0 Å². The van der Waals surface area contributed by atoms with Gasteiger partial charge in [0.2, 0.25) is 0 Å². The van der Waals surface area contributed by atoms with Crippen LogP contribution in [-0.4, -0.2) is 25.2 Å². The first-order chi connectivity index (χ1) is 9.83. The molecule has 0 unspecified atom stereocenters. The lowest BCUT2D eigenvalue weighted by molar-refractivity contribution is -0.135. The molecule has 1 aromatic rings. The molecule has 0 spiro atoms. The molecule has 0 saturated carbocycles. The number of nitrogens with one attached hydrogen (secondary N) is 2. The summed E-state index contributed by atoms with van der Waals surface area (Å²) in [5.74, 6) is -0.207. The minimum absolute atomic E-state index is 0.0768. The average Bonchev–Trinajstić information content (AvgIpc) is 2.39. The SMILES string of the molecule is CCNC(=O)c1ccc(NCCCCC(F)(F)F)c(N)c1. The van der Waals surface area contributed by atoms with Crippen LogP contribution >= 0.6 is 0 Å². The second-order valence-electron chi connectivity index (χ2n) is 4.66. The molecule has 1 aromatic carbocycles. The molecule has 1 rings (SSSR count). The minimum atomic E-state index is -4.10. The van der Waals surface area contributed by atoms with Crippen molar-refractivity contribution in [1.29, 1.82) is 0 Å². The van der Waals surface area contributed by atoms with Crippen LogP contribution in [0.4, 0.5) is 24.5 Å². The Balaban J connectivity index is 2.44. The number of alkyl halides is 3. The van der Waals surface area contributed by atoms with Gasteiger partial charge in [-0.3, -0.25) is 4.79 Å². The van der Waals surface area contributed by atoms with Gasteiger partial charge in [-0.1, -0.05) is 0 Å². The third kappa shape index (κ3) is 6.37. The summed E-state index contributed by atoms with van der Waals surface area (Å²) in [5, 5.41) is 5.63. The molecule has 0 saturated heterocycles. The van der Waals surface area contributed by atoms with E-state index in [4.69, 9.17) is 5.73 Å². The molecule has 0 fully saturated rings. The summed E-state index contributed by atoms with van der Waals surface area (Å²) in [4.78, 5) is 11.6. The predicted molar refractivity (Wildman–Crippen MR) is 77.3 cm³/mol. The average molecular weight is 303 g/mol. The molecule has 4 N–H and O–H groups in total. The van der Waals surface area contributed by atoms with Crippen LogP contribution in [0.3, 0.4) is 0 Å². The summed E-state index contributed by atoms with van der Waals surface area (Å²) in [6, 6.07) is 4.83. The molecule has 0 heterocycles. The van der Waals surface area contributed by atoms with E-state index in [1.807, 2.05) is 6.92 Å². The standard InChI is InChI=1S/C14H20F3N3O/c1-2-19-13(21)10-5-6-12(11(18)9-10)20-8-4-3-7-14(15,16)17/h5-6,9,20H,2-4,7-8,18H2,1H3,(H,19,21). The number of rotatable bonds is 7. The summed E-state index contributed by atoms with van der Waals surface area (Å²) in [5.41, 5.74) is 7.29. The molecule has 0 aromatic heterocycles. The van der Waals surface area contributed by atoms with E-state index in [2.05, 4.69) is 10.6 Å². The third-order valence-corrected chi connectivity index (χ3v) is 2.85. The highest BCUT2D eigenvalue weighted by Crippen LogP contribution is 2.23. The van der Waals surface area contributed by atoms with Gasteiger partial charge in [0, 0.05) is 25.1 Å². The Bertz CT molecular complexity index is 475. The number of hydrogen-bond donors (Lipinski definition) is 3. The number of nitrogen functional groups attached to an aromatic ring is 1. The maximum atomic E-state index is 12.0. The molecule has 0 aliphatic heterocycles. The highest BCUT2D eigenvalue weighted by molar-refractivity contribution is 5.96. The van der Waals surface area contributed by atoms with Crippen molar-refractivity contribution in [2.45, 2.75) is 32.4 Å². The van der Waals surface area contributed by atoms with Gasteiger partial charge in [0.1, 0.15) is 0 Å². The maximum Gasteiger partial charge on any atom is 0.389 e. The number of anilines is 2. The highest BCUT2D eigenvalue weighted by Gasteiger charge is 2.25. The summed E-state index contributed by atoms with van der Waals surface area (Å²) < 4.78 is 35.9. The Hall–Kier alpha value is -1.92. The smallest absolute Gasteiger partial charge is 0.389 e. The molecule has 0 aliphatic rings. The topological polar surface area (TPSA) is 67.2 Å². The summed E-state index contributed by atoms with van der Waals surface area (Å²) in [6.07, 6.45) is -4.40. The molecule has 0 aliphatic carbocycles. The van der Waals surface area contributed by atoms with Gasteiger partial charge in [-0.2, -0.15) is 13.2 Å². The van der Waals surface area contributed by atoms with Crippen LogP contribution in [0.1, 0.15) is 36.5 Å². The molecule has 0 radical (unpaired) electrons. The van der Waals surface area contributed by atoms with E-state index in [0.717, 1.165) is 0 Å². The minimum Gasteiger partial charge on any atom is -0.397 e. The van der Waals surface area contributed by atoms with Crippen LogP contribution in [0.25, 0.3) is 0 Å². The van der Waals surface area contributed by atoms with Crippen molar-refractivity contribution in [3.8, 4) is 0 Å². The van der Waals surface area contributed by atoms with Crippen LogP contribution in [0, 0.1) is 0 Å². The Kier molecular flexibility index (Phi) is 6.33. The van der Waals surface area contributed by atoms with Crippen LogP contribution < -0.4 is 16.4 Å². The lowest BCUT2D eigenvalue weighted by atomic mass is 10.1. The van der Waals surface area contributed by atoms with Crippen molar-refractivity contribution in [2.24, 2.45) is 0 Å². The van der Waals surface area contributed by atoms with Crippen molar-refractivity contribution in [3.05, 3.63) is 23.8 Å². The van der Waals surface area contributed by atoms with Crippen LogP contribution in [-0.2, 0) is 0 Å². The summed E-state index contributed by atoms with van der Waals surface area (Å²) in [6.45, 7) is 2.75. The van der Waals surface area contributed by atoms with Gasteiger partial charge in [-0.05, 0) is 38.0 Å². The fraction of sp³-hybridized carbons (Fsp3) is 0.500. The number of benzene rings is 1. The maximum absolute atomic E-state index is 12.0. The second kappa shape index (κ2) is 7.75. The highest BCUT2D eigenvalue weighted by atomic mass is 19.4. The number of unbranched alkanes of at least 4 members (excludes halogenated alkanes) is 1. The van der Waals surface area contributed by atoms with Crippen molar-refractivity contribution >= 4 is 17.3 Å². The zero-order valence-electron chi connectivity index (χ0n) is 11.9. The van der Waals surface area contributed by atoms with Gasteiger partial charge in [0.05, 0.1) is 11.4 Å². The molecule has 0 bridgehead atoms. The van der Waals surface area contributed by atoms with Gasteiger partial charge < -0.3 is 16.4 Å². The lowest BCUT2D eigenvalue weighted by Gasteiger charge is -2.11. The fourth-order valence-corrected chi connectivity index (χ4v) is 1.80. The van der Waals surface area contributed by atoms with E-state index in [1.165, 1.54) is 0 Å². The normalized spacial score (nSPS) is 11.2. The largest absolute Gasteiger partial charge is 0.397 e. The summed E-state index contributed by atoms with van der Waals surface area (Å²) >= 11 is 0. The first-order valence-electron chi connectivity index (χ1n) is 6.82. The van der Waals surface area contributed by atoms with E-state index in [9.17, 15) is 18.0 Å². The molecule has 4 nitrogen and oxygen atoms in total. The second-order valence-corrected chi connectivity index (χ2v) is 4.66. The number of nitrogens with two attached hydrogens (primary N) is 1. The molecule has 1 amide bonds. The van der Waals surface area contributed by atoms with Gasteiger partial charge >= 0.3 is 6.18 Å². The van der Waals surface area contributed by atoms with E-state index in [0.29, 0.717) is 36.4 Å². The van der Waals surface area contributed by atoms with Crippen LogP contribution in [0.5, 0.6) is 0 Å². The van der Waals surface area contributed by atoms with Gasteiger partial charge in [-0.15, -0.1) is 0 Å². The first kappa shape index (κ1) is 17.1. The molecule has 7 heteroatoms. The molecule has 0 atom stereocenters. The van der Waals surface area contributed by atoms with Crippen LogP contribution in [0.2, 0.25) is 0 Å². The Labute approximate surface area is 121 Å². The van der Waals surface area contributed by atoms with Crippen molar-refractivity contribution in [2.75, 3.05) is 24.1 Å². The van der Waals surface area contributed by atoms with Crippen LogP contribution in [0.15, 0.2) is 18.2 Å². The van der Waals surface area contributed by atoms with Crippen molar-refractivity contribution in [1.82, 2.24) is 5.32 Å². The molecule has 118 valence electrons. The van der Waals surface area contributed by atoms with Crippen molar-refractivity contribution < 1.29 is 18.0 Å². The number of carbonyl (C=O) groups excluding carboxylic acids is 1. The third-order valence-electron chi connectivity index (χ3n) is 2.85. The quantitative estimate of drug-likeness (QED) is 0.535. The van der Waals surface area contributed by atoms with E-state index in [-0.39, 0.29) is 12.3 Å². The van der Waals surface area contributed by atoms with E-state index >= 15 is 0 Å². The van der Waals surface area contributed by atoms with Crippen molar-refractivity contribution in [3.63, 3.8) is 0 Å². The number of amides is 1. The zero-order valence-corrected chi connectivity index (χ0v) is 11.9. The number of hydrogen-bond acceptors (Lipinski definition) is 3. The molecule has 21 heavy (non-hydrogen) atoms. The zero-order chi connectivity index (χ0) is 15.9. The van der Waals surface area contributed by atoms with E-state index in [1.54, 1.807) is 18.2 Å². The Morgan fingerprint density at radius 2 is 2.00 bits per heavy atom. The monoisotopic (exact) mass is 303 g/mol. The molecular formula is C14H20F3N3O. The Morgan fingerprint density at radius 1 is 1.29 bits per heavy atom. The van der Waals surface area contributed by atoms with Gasteiger partial charge in [0.25, 0.3) is 5.91 Å².